The summed E-state index contributed by atoms with van der Waals surface area (Å²) in [7, 11) is 0. The molecule has 6 heteroatoms. The quantitative estimate of drug-likeness (QED) is 0.417. The summed E-state index contributed by atoms with van der Waals surface area (Å²) in [4.78, 5) is 20.7. The molecule has 4 nitrogen and oxygen atoms in total. The van der Waals surface area contributed by atoms with Gasteiger partial charge in [0.2, 0.25) is 0 Å². The molecule has 1 aromatic carbocycles. The Balaban J connectivity index is 1.96. The Hall–Kier alpha value is -1.63. The molecule has 3 aromatic rings. The van der Waals surface area contributed by atoms with Gasteiger partial charge in [-0.15, -0.1) is 11.3 Å². The predicted octanol–water partition coefficient (Wildman–Crippen LogP) is 5.36. The van der Waals surface area contributed by atoms with E-state index in [1.54, 1.807) is 23.1 Å². The highest BCUT2D eigenvalue weighted by Crippen LogP contribution is 2.36. The zero-order valence-electron chi connectivity index (χ0n) is 16.8. The monoisotopic (exact) mass is 414 g/mol. The van der Waals surface area contributed by atoms with Gasteiger partial charge in [-0.2, -0.15) is 0 Å². The van der Waals surface area contributed by atoms with E-state index in [1.807, 2.05) is 35.8 Å². The Kier molecular flexibility index (Phi) is 5.63. The van der Waals surface area contributed by atoms with E-state index in [-0.39, 0.29) is 11.7 Å². The molecule has 1 aliphatic heterocycles. The molecular formula is C22H26N2O2S2. The van der Waals surface area contributed by atoms with Crippen LogP contribution in [0.3, 0.4) is 0 Å². The summed E-state index contributed by atoms with van der Waals surface area (Å²) >= 11 is 3.28. The van der Waals surface area contributed by atoms with Gasteiger partial charge < -0.3 is 4.74 Å². The molecule has 0 spiro atoms. The van der Waals surface area contributed by atoms with Crippen molar-refractivity contribution in [3.8, 4) is 5.69 Å². The average molecular weight is 415 g/mol. The Morgan fingerprint density at radius 2 is 2.14 bits per heavy atom. The van der Waals surface area contributed by atoms with Crippen LogP contribution in [0, 0.1) is 12.8 Å². The van der Waals surface area contributed by atoms with Gasteiger partial charge in [0.1, 0.15) is 4.83 Å². The van der Waals surface area contributed by atoms with Crippen molar-refractivity contribution in [3.05, 3.63) is 50.6 Å². The van der Waals surface area contributed by atoms with Crippen LogP contribution in [0.5, 0.6) is 0 Å². The van der Waals surface area contributed by atoms with Crippen LogP contribution in [0.25, 0.3) is 15.9 Å². The van der Waals surface area contributed by atoms with Crippen LogP contribution >= 0.6 is 23.1 Å². The number of rotatable bonds is 5. The van der Waals surface area contributed by atoms with Gasteiger partial charge in [0.15, 0.2) is 5.16 Å². The van der Waals surface area contributed by atoms with Gasteiger partial charge >= 0.3 is 0 Å². The smallest absolute Gasteiger partial charge is 0.267 e. The number of nitrogens with zero attached hydrogens (tertiary/aromatic N) is 2. The maximum Gasteiger partial charge on any atom is 0.267 e. The van der Waals surface area contributed by atoms with Crippen LogP contribution in [0.15, 0.2) is 34.2 Å². The van der Waals surface area contributed by atoms with Crippen molar-refractivity contribution < 1.29 is 4.74 Å². The van der Waals surface area contributed by atoms with Gasteiger partial charge in [0.25, 0.3) is 5.56 Å². The van der Waals surface area contributed by atoms with E-state index < -0.39 is 0 Å². The van der Waals surface area contributed by atoms with Crippen molar-refractivity contribution in [1.29, 1.82) is 0 Å². The Morgan fingerprint density at radius 1 is 1.36 bits per heavy atom. The molecule has 0 amide bonds. The van der Waals surface area contributed by atoms with E-state index in [2.05, 4.69) is 20.8 Å². The highest BCUT2D eigenvalue weighted by atomic mass is 32.2. The lowest BCUT2D eigenvalue weighted by atomic mass is 9.96. The molecule has 0 fully saturated rings. The Morgan fingerprint density at radius 3 is 2.86 bits per heavy atom. The first-order chi connectivity index (χ1) is 13.5. The number of thiophene rings is 1. The van der Waals surface area contributed by atoms with Crippen LogP contribution in [0.4, 0.5) is 0 Å². The standard InChI is InChI=1S/C22H26N2O2S2/c1-5-10-27-22-23-20-19(15-11-17(13(2)3)26-12-18(15)28-20)21(25)24(22)16-9-7-6-8-14(16)4/h6-9,13,17H,5,10-12H2,1-4H3. The molecule has 0 saturated heterocycles. The summed E-state index contributed by atoms with van der Waals surface area (Å²) in [5.74, 6) is 1.36. The van der Waals surface area contributed by atoms with Crippen molar-refractivity contribution >= 4 is 33.3 Å². The number of thioether (sulfide) groups is 1. The lowest BCUT2D eigenvalue weighted by Crippen LogP contribution is -2.28. The Labute approximate surface area is 174 Å². The molecule has 0 N–H and O–H groups in total. The topological polar surface area (TPSA) is 44.1 Å². The second kappa shape index (κ2) is 8.01. The Bertz CT molecular complexity index is 1070. The van der Waals surface area contributed by atoms with E-state index in [4.69, 9.17) is 9.72 Å². The third-order valence-electron chi connectivity index (χ3n) is 5.25. The highest BCUT2D eigenvalue weighted by Gasteiger charge is 2.28. The lowest BCUT2D eigenvalue weighted by Gasteiger charge is -2.26. The fraction of sp³-hybridized carbons (Fsp3) is 0.455. The fourth-order valence-corrected chi connectivity index (χ4v) is 5.68. The molecule has 28 heavy (non-hydrogen) atoms. The van der Waals surface area contributed by atoms with Gasteiger partial charge in [-0.25, -0.2) is 4.98 Å². The number of ether oxygens (including phenoxy) is 1. The first kappa shape index (κ1) is 19.7. The fourth-order valence-electron chi connectivity index (χ4n) is 3.65. The van der Waals surface area contributed by atoms with Crippen molar-refractivity contribution in [2.24, 2.45) is 5.92 Å². The van der Waals surface area contributed by atoms with E-state index in [0.717, 1.165) is 55.7 Å². The normalized spacial score (nSPS) is 16.7. The summed E-state index contributed by atoms with van der Waals surface area (Å²) in [6.07, 6.45) is 1.99. The molecule has 0 saturated carbocycles. The minimum absolute atomic E-state index is 0.0554. The van der Waals surface area contributed by atoms with Crippen LogP contribution in [0.1, 0.15) is 43.2 Å². The van der Waals surface area contributed by atoms with Gasteiger partial charge in [0, 0.05) is 17.1 Å². The van der Waals surface area contributed by atoms with Crippen molar-refractivity contribution in [2.45, 2.75) is 58.4 Å². The summed E-state index contributed by atoms with van der Waals surface area (Å²) in [5, 5.41) is 1.58. The van der Waals surface area contributed by atoms with Crippen molar-refractivity contribution in [2.75, 3.05) is 5.75 Å². The molecule has 0 radical (unpaired) electrons. The molecule has 2 aromatic heterocycles. The summed E-state index contributed by atoms with van der Waals surface area (Å²) in [5.41, 5.74) is 3.21. The molecule has 4 rings (SSSR count). The molecule has 0 bridgehead atoms. The maximum absolute atomic E-state index is 13.8. The summed E-state index contributed by atoms with van der Waals surface area (Å²) in [6, 6.07) is 8.05. The minimum Gasteiger partial charge on any atom is -0.372 e. The van der Waals surface area contributed by atoms with Gasteiger partial charge in [-0.3, -0.25) is 9.36 Å². The zero-order chi connectivity index (χ0) is 19.8. The minimum atomic E-state index is 0.0554. The van der Waals surface area contributed by atoms with Crippen LogP contribution in [-0.2, 0) is 17.8 Å². The lowest BCUT2D eigenvalue weighted by molar-refractivity contribution is 0.00200. The highest BCUT2D eigenvalue weighted by molar-refractivity contribution is 7.99. The number of para-hydroxylation sites is 1. The number of fused-ring (bicyclic) bond motifs is 3. The third kappa shape index (κ3) is 3.42. The third-order valence-corrected chi connectivity index (χ3v) is 7.49. The van der Waals surface area contributed by atoms with Crippen LogP contribution in [0.2, 0.25) is 0 Å². The molecule has 1 atom stereocenters. The number of benzene rings is 1. The molecule has 3 heterocycles. The number of aryl methyl sites for hydroxylation is 1. The number of hydrogen-bond donors (Lipinski definition) is 0. The molecule has 1 aliphatic rings. The predicted molar refractivity (Wildman–Crippen MR) is 118 cm³/mol. The second-order valence-electron chi connectivity index (χ2n) is 7.65. The van der Waals surface area contributed by atoms with Gasteiger partial charge in [-0.05, 0) is 36.5 Å². The first-order valence-electron chi connectivity index (χ1n) is 9.89. The maximum atomic E-state index is 13.8. The second-order valence-corrected chi connectivity index (χ2v) is 9.80. The van der Waals surface area contributed by atoms with Gasteiger partial charge in [-0.1, -0.05) is 50.7 Å². The summed E-state index contributed by atoms with van der Waals surface area (Å²) in [6.45, 7) is 9.13. The van der Waals surface area contributed by atoms with Crippen LogP contribution in [-0.4, -0.2) is 21.4 Å². The largest absolute Gasteiger partial charge is 0.372 e. The zero-order valence-corrected chi connectivity index (χ0v) is 18.5. The SMILES string of the molecule is CCCSc1nc2sc3c(c2c(=O)n1-c1ccccc1C)CC(C(C)C)OC3. The average Bonchev–Trinajstić information content (AvgIpc) is 3.05. The first-order valence-corrected chi connectivity index (χ1v) is 11.7. The van der Waals surface area contributed by atoms with Crippen molar-refractivity contribution in [1.82, 2.24) is 9.55 Å². The van der Waals surface area contributed by atoms with E-state index >= 15 is 0 Å². The summed E-state index contributed by atoms with van der Waals surface area (Å²) < 4.78 is 7.86. The molecule has 1 unspecified atom stereocenters. The molecule has 148 valence electrons. The number of hydrogen-bond acceptors (Lipinski definition) is 5. The van der Waals surface area contributed by atoms with E-state index in [0.29, 0.717) is 12.5 Å². The van der Waals surface area contributed by atoms with Crippen LogP contribution < -0.4 is 5.56 Å². The van der Waals surface area contributed by atoms with E-state index in [1.165, 1.54) is 0 Å². The van der Waals surface area contributed by atoms with Crippen molar-refractivity contribution in [3.63, 3.8) is 0 Å². The molecular weight excluding hydrogens is 388 g/mol. The molecule has 0 aliphatic carbocycles. The number of aromatic nitrogens is 2. The van der Waals surface area contributed by atoms with E-state index in [9.17, 15) is 4.79 Å². The van der Waals surface area contributed by atoms with Gasteiger partial charge in [0.05, 0.1) is 23.8 Å².